The van der Waals surface area contributed by atoms with Crippen molar-refractivity contribution in [2.75, 3.05) is 12.4 Å². The van der Waals surface area contributed by atoms with Crippen LogP contribution < -0.4 is 15.6 Å². The van der Waals surface area contributed by atoms with Crippen LogP contribution in [-0.2, 0) is 4.79 Å². The molecular weight excluding hydrogens is 418 g/mol. The van der Waals surface area contributed by atoms with E-state index in [0.717, 1.165) is 22.0 Å². The molecule has 0 radical (unpaired) electrons. The molecule has 0 atom stereocenters. The molecule has 0 aliphatic rings. The third-order valence-corrected chi connectivity index (χ3v) is 5.35. The Bertz CT molecular complexity index is 1590. The van der Waals surface area contributed by atoms with E-state index in [9.17, 15) is 9.59 Å². The Balaban J connectivity index is 1.81. The maximum atomic E-state index is 13.1. The molecule has 3 aromatic heterocycles. The largest absolute Gasteiger partial charge is 0.495 e. The van der Waals surface area contributed by atoms with E-state index >= 15 is 0 Å². The summed E-state index contributed by atoms with van der Waals surface area (Å²) in [6.07, 6.45) is 6.47. The molecule has 0 aliphatic heterocycles. The number of ether oxygens (including phenoxy) is 1. The third-order valence-electron chi connectivity index (χ3n) is 5.35. The summed E-state index contributed by atoms with van der Waals surface area (Å²) in [5.74, 6) is 0.0870. The molecule has 33 heavy (non-hydrogen) atoms. The normalized spacial score (nSPS) is 10.9. The predicted octanol–water partition coefficient (Wildman–Crippen LogP) is 3.86. The Morgan fingerprint density at radius 3 is 2.73 bits per heavy atom. The van der Waals surface area contributed by atoms with Gasteiger partial charge in [-0.3, -0.25) is 19.1 Å². The fourth-order valence-corrected chi connectivity index (χ4v) is 3.84. The summed E-state index contributed by atoms with van der Waals surface area (Å²) in [7, 11) is 1.51. The second-order valence-electron chi connectivity index (χ2n) is 7.30. The number of benzene rings is 2. The molecule has 0 saturated heterocycles. The lowest BCUT2D eigenvalue weighted by Crippen LogP contribution is -2.18. The highest BCUT2D eigenvalue weighted by molar-refractivity contribution is 6.05. The number of methoxy groups -OCH3 is 1. The fourth-order valence-electron chi connectivity index (χ4n) is 3.84. The average molecular weight is 437 g/mol. The smallest absolute Gasteiger partial charge is 0.255 e. The first-order valence-electron chi connectivity index (χ1n) is 10.2. The second-order valence-corrected chi connectivity index (χ2v) is 7.30. The number of hydrogen-bond acceptors (Lipinski definition) is 5. The number of nitrogens with zero attached hydrogens (tertiary/aromatic N) is 4. The van der Waals surface area contributed by atoms with Crippen LogP contribution in [0.3, 0.4) is 0 Å². The lowest BCUT2D eigenvalue weighted by Gasteiger charge is -2.16. The Kier molecular flexibility index (Phi) is 4.95. The molecule has 0 fully saturated rings. The summed E-state index contributed by atoms with van der Waals surface area (Å²) >= 11 is 0. The number of aromatic nitrogens is 4. The summed E-state index contributed by atoms with van der Waals surface area (Å²) in [4.78, 5) is 29.6. The number of rotatable bonds is 5. The van der Waals surface area contributed by atoms with Crippen molar-refractivity contribution in [1.82, 2.24) is 19.3 Å². The van der Waals surface area contributed by atoms with Gasteiger partial charge in [-0.15, -0.1) is 0 Å². The zero-order chi connectivity index (χ0) is 22.9. The lowest BCUT2D eigenvalue weighted by atomic mass is 10.1. The van der Waals surface area contributed by atoms with Gasteiger partial charge in [-0.25, -0.2) is 4.68 Å². The van der Waals surface area contributed by atoms with Gasteiger partial charge in [0.2, 0.25) is 5.91 Å². The molecule has 2 aromatic carbocycles. The van der Waals surface area contributed by atoms with Crippen LogP contribution in [-0.4, -0.2) is 32.3 Å². The van der Waals surface area contributed by atoms with Crippen LogP contribution in [0.4, 0.5) is 5.69 Å². The number of carbonyl (C=O) groups is 1. The number of carbonyl (C=O) groups excluding carboxylic acids is 1. The molecule has 3 heterocycles. The molecule has 162 valence electrons. The summed E-state index contributed by atoms with van der Waals surface area (Å²) in [5, 5.41) is 8.63. The van der Waals surface area contributed by atoms with Crippen LogP contribution >= 0.6 is 0 Å². The first kappa shape index (κ1) is 20.2. The average Bonchev–Trinajstić information content (AvgIpc) is 3.38. The van der Waals surface area contributed by atoms with Crippen molar-refractivity contribution in [3.8, 4) is 17.1 Å². The van der Waals surface area contributed by atoms with E-state index in [-0.39, 0.29) is 11.5 Å². The number of anilines is 1. The van der Waals surface area contributed by atoms with E-state index in [2.05, 4.69) is 22.0 Å². The molecule has 0 spiro atoms. The quantitative estimate of drug-likeness (QED) is 0.333. The summed E-state index contributed by atoms with van der Waals surface area (Å²) in [6, 6.07) is 16.1. The van der Waals surface area contributed by atoms with Gasteiger partial charge in [0.05, 0.1) is 35.2 Å². The maximum Gasteiger partial charge on any atom is 0.255 e. The Hall–Kier alpha value is -4.72. The van der Waals surface area contributed by atoms with Crippen LogP contribution in [0.1, 0.15) is 0 Å². The van der Waals surface area contributed by atoms with Gasteiger partial charge >= 0.3 is 0 Å². The zero-order valence-electron chi connectivity index (χ0n) is 17.7. The Morgan fingerprint density at radius 1 is 1.12 bits per heavy atom. The van der Waals surface area contributed by atoms with Gasteiger partial charge in [-0.2, -0.15) is 5.10 Å². The fraction of sp³-hybridized carbons (Fsp3) is 0.0400. The number of fused-ring (bicyclic) bond motifs is 3. The van der Waals surface area contributed by atoms with E-state index in [4.69, 9.17) is 4.74 Å². The topological polar surface area (TPSA) is 91.0 Å². The van der Waals surface area contributed by atoms with Crippen LogP contribution in [0.25, 0.3) is 33.2 Å². The Morgan fingerprint density at radius 2 is 1.97 bits per heavy atom. The van der Waals surface area contributed by atoms with E-state index in [1.54, 1.807) is 45.9 Å². The minimum atomic E-state index is -0.380. The summed E-state index contributed by atoms with van der Waals surface area (Å²) in [5.41, 5.74) is 3.07. The summed E-state index contributed by atoms with van der Waals surface area (Å²) in [6.45, 7) is 3.49. The number of hydrogen-bond donors (Lipinski definition) is 1. The number of pyridine rings is 2. The third kappa shape index (κ3) is 3.53. The SMILES string of the molecule is C=CC(=O)Nc1cc(-n2c(=O)ccc3cnc4ccc(-n5cccn5)cc4c32)ccc1OC. The first-order chi connectivity index (χ1) is 16.1. The van der Waals surface area contributed by atoms with E-state index in [1.807, 2.05) is 30.5 Å². The minimum absolute atomic E-state index is 0.217. The van der Waals surface area contributed by atoms with Gasteiger partial charge in [-0.1, -0.05) is 6.58 Å². The first-order valence-corrected chi connectivity index (χ1v) is 10.2. The molecule has 5 aromatic rings. The minimum Gasteiger partial charge on any atom is -0.495 e. The standard InChI is InChI=1S/C25H19N5O3/c1-3-23(31)28-21-14-18(7-9-22(21)33-2)30-24(32)10-5-16-15-26-20-8-6-17(13-19(20)25(16)30)29-12-4-11-27-29/h3-15H,1H2,2H3,(H,28,31). The highest BCUT2D eigenvalue weighted by Crippen LogP contribution is 2.30. The molecule has 0 unspecified atom stereocenters. The van der Waals surface area contributed by atoms with Crippen LogP contribution in [0.5, 0.6) is 5.75 Å². The van der Waals surface area contributed by atoms with Crippen molar-refractivity contribution in [2.24, 2.45) is 0 Å². The molecule has 0 bridgehead atoms. The molecule has 5 rings (SSSR count). The van der Waals surface area contributed by atoms with Gasteiger partial charge in [0.25, 0.3) is 5.56 Å². The molecule has 1 N–H and O–H groups in total. The predicted molar refractivity (Wildman–Crippen MR) is 127 cm³/mol. The van der Waals surface area contributed by atoms with Crippen molar-refractivity contribution in [1.29, 1.82) is 0 Å². The maximum absolute atomic E-state index is 13.1. The van der Waals surface area contributed by atoms with E-state index < -0.39 is 0 Å². The van der Waals surface area contributed by atoms with Crippen molar-refractivity contribution in [2.45, 2.75) is 0 Å². The van der Waals surface area contributed by atoms with Crippen molar-refractivity contribution < 1.29 is 9.53 Å². The zero-order valence-corrected chi connectivity index (χ0v) is 17.7. The highest BCUT2D eigenvalue weighted by atomic mass is 16.5. The van der Waals surface area contributed by atoms with E-state index in [0.29, 0.717) is 22.6 Å². The monoisotopic (exact) mass is 437 g/mol. The van der Waals surface area contributed by atoms with Crippen molar-refractivity contribution >= 4 is 33.4 Å². The highest BCUT2D eigenvalue weighted by Gasteiger charge is 2.14. The van der Waals surface area contributed by atoms with Crippen molar-refractivity contribution in [3.05, 3.63) is 96.2 Å². The molecule has 1 amide bonds. The second kappa shape index (κ2) is 8.08. The van der Waals surface area contributed by atoms with Gasteiger partial charge in [-0.05, 0) is 54.6 Å². The van der Waals surface area contributed by atoms with Crippen LogP contribution in [0.15, 0.2) is 90.6 Å². The number of amides is 1. The van der Waals surface area contributed by atoms with Gasteiger partial charge in [0.15, 0.2) is 0 Å². The van der Waals surface area contributed by atoms with Crippen molar-refractivity contribution in [3.63, 3.8) is 0 Å². The van der Waals surface area contributed by atoms with Gasteiger partial charge < -0.3 is 10.1 Å². The van der Waals surface area contributed by atoms with Gasteiger partial charge in [0, 0.05) is 35.4 Å². The Labute approximate surface area is 188 Å². The molecule has 8 nitrogen and oxygen atoms in total. The molecule has 0 saturated carbocycles. The molecule has 8 heteroatoms. The molecular formula is C25H19N5O3. The molecule has 0 aliphatic carbocycles. The summed E-state index contributed by atoms with van der Waals surface area (Å²) < 4.78 is 8.73. The number of nitrogens with one attached hydrogen (secondary N) is 1. The van der Waals surface area contributed by atoms with Gasteiger partial charge in [0.1, 0.15) is 5.75 Å². The van der Waals surface area contributed by atoms with Crippen LogP contribution in [0.2, 0.25) is 0 Å². The van der Waals surface area contributed by atoms with Crippen LogP contribution in [0, 0.1) is 0 Å². The van der Waals surface area contributed by atoms with E-state index in [1.165, 1.54) is 19.3 Å². The lowest BCUT2D eigenvalue weighted by molar-refractivity contribution is -0.111.